The lowest BCUT2D eigenvalue weighted by Crippen LogP contribution is -2.47. The van der Waals surface area contributed by atoms with Crippen molar-refractivity contribution in [3.05, 3.63) is 32.6 Å². The van der Waals surface area contributed by atoms with Crippen LogP contribution in [0.15, 0.2) is 15.7 Å². The average Bonchev–Trinajstić information content (AvgIpc) is 2.90. The van der Waals surface area contributed by atoms with Crippen molar-refractivity contribution in [1.29, 1.82) is 0 Å². The van der Waals surface area contributed by atoms with E-state index in [0.29, 0.717) is 0 Å². The maximum absolute atomic E-state index is 16.2. The Morgan fingerprint density at radius 1 is 1.20 bits per heavy atom. The smallest absolute Gasteiger partial charge is 0.374 e. The molecule has 3 unspecified atom stereocenters. The largest absolute Gasteiger partial charge is 0.490 e. The van der Waals surface area contributed by atoms with Gasteiger partial charge in [0.25, 0.3) is 5.56 Å². The van der Waals surface area contributed by atoms with Gasteiger partial charge in [0, 0.05) is 18.9 Å². The third-order valence-corrected chi connectivity index (χ3v) is 8.44. The molecule has 0 aromatic carbocycles. The first-order chi connectivity index (χ1) is 15.9. The van der Waals surface area contributed by atoms with Gasteiger partial charge in [0.15, 0.2) is 6.23 Å². The highest BCUT2D eigenvalue weighted by atomic mass is 31.3. The molecule has 0 radical (unpaired) electrons. The molecule has 2 rings (SSSR count). The maximum Gasteiger partial charge on any atom is 0.490 e. The highest BCUT2D eigenvalue weighted by Crippen LogP contribution is 2.66. The molecule has 1 aromatic heterocycles. The number of methoxy groups -OCH3 is 1. The molecule has 0 aliphatic carbocycles. The first-order valence-corrected chi connectivity index (χ1v) is 13.8. The number of aromatic amines is 1. The van der Waals surface area contributed by atoms with Crippen LogP contribution in [0.25, 0.3) is 0 Å². The fraction of sp³-hybridized carbons (Fsp3) is 0.600. The van der Waals surface area contributed by atoms with Crippen LogP contribution in [-0.2, 0) is 36.3 Å². The van der Waals surface area contributed by atoms with E-state index >= 15 is 4.39 Å². The van der Waals surface area contributed by atoms with Gasteiger partial charge in [0.1, 0.15) is 12.2 Å². The van der Waals surface area contributed by atoms with Crippen molar-refractivity contribution >= 4 is 23.5 Å². The quantitative estimate of drug-likeness (QED) is 0.199. The predicted molar refractivity (Wildman–Crippen MR) is 112 cm³/mol. The number of ether oxygens (including phenoxy) is 2. The van der Waals surface area contributed by atoms with E-state index in [0.717, 1.165) is 24.7 Å². The van der Waals surface area contributed by atoms with Gasteiger partial charge in [-0.3, -0.25) is 18.9 Å². The van der Waals surface area contributed by atoms with Gasteiger partial charge in [-0.1, -0.05) is 5.92 Å². The second kappa shape index (κ2) is 10.5. The van der Waals surface area contributed by atoms with E-state index in [1.807, 2.05) is 4.98 Å². The van der Waals surface area contributed by atoms with Crippen molar-refractivity contribution in [1.82, 2.24) is 9.55 Å². The molecule has 35 heavy (non-hydrogen) atoms. The summed E-state index contributed by atoms with van der Waals surface area (Å²) < 4.78 is 74.1. The molecule has 0 bridgehead atoms. The molecule has 16 nitrogen and oxygen atoms in total. The topological polar surface area (TPSA) is 233 Å². The number of H-pyrrole nitrogens is 1. The number of hydrogen-bond donors (Lipinski definition) is 5. The number of nitrogens with zero attached hydrogens (tertiary/aromatic N) is 1. The van der Waals surface area contributed by atoms with Crippen LogP contribution in [0.3, 0.4) is 0 Å². The fourth-order valence-corrected chi connectivity index (χ4v) is 6.62. The van der Waals surface area contributed by atoms with Crippen molar-refractivity contribution in [2.45, 2.75) is 51.0 Å². The molecule has 1 fully saturated rings. The lowest BCUT2D eigenvalue weighted by Gasteiger charge is -2.28. The Morgan fingerprint density at radius 2 is 1.80 bits per heavy atom. The second-order valence-corrected chi connectivity index (χ2v) is 11.5. The van der Waals surface area contributed by atoms with Gasteiger partial charge >= 0.3 is 29.2 Å². The number of aryl methyl sites for hydroxylation is 1. The van der Waals surface area contributed by atoms with Crippen molar-refractivity contribution in [3.8, 4) is 11.8 Å². The Balaban J connectivity index is 2.43. The third kappa shape index (κ3) is 7.05. The minimum Gasteiger partial charge on any atom is -0.374 e. The zero-order valence-corrected chi connectivity index (χ0v) is 21.1. The molecule has 1 aromatic rings. The second-order valence-electron chi connectivity index (χ2n) is 7.10. The monoisotopic (exact) mass is 566 g/mol. The Labute approximate surface area is 196 Å². The van der Waals surface area contributed by atoms with Crippen LogP contribution in [0, 0.1) is 18.8 Å². The van der Waals surface area contributed by atoms with Gasteiger partial charge in [-0.15, -0.1) is 5.92 Å². The Morgan fingerprint density at radius 3 is 2.29 bits per heavy atom. The summed E-state index contributed by atoms with van der Waals surface area (Å²) in [6, 6.07) is 0.981. The number of phosphoric ester groups is 1. The molecule has 0 saturated carbocycles. The Hall–Kier alpha value is -1.50. The summed E-state index contributed by atoms with van der Waals surface area (Å²) >= 11 is 0. The standard InChI is InChI=1S/C15H22FN2O14P3/c1-5-6-15(16)12(28-4)11(29-13(15)18-8(2)7-10(19)17-14(18)20)9(3)30-34(24,25)32-35(26,27)31-33(21,22)23/h7,9,11-13H,1-4H3,(H,24,25)(H,26,27)(H,17,19,20)(H2,21,22,23)/t9-,11-,12+,13-,15?/m1/s1. The van der Waals surface area contributed by atoms with Crippen LogP contribution in [0.1, 0.15) is 25.8 Å². The van der Waals surface area contributed by atoms with Gasteiger partial charge < -0.3 is 29.0 Å². The van der Waals surface area contributed by atoms with Crippen LogP contribution in [0.4, 0.5) is 4.39 Å². The summed E-state index contributed by atoms with van der Waals surface area (Å²) in [5.74, 6) is 4.55. The van der Waals surface area contributed by atoms with Crippen molar-refractivity contribution in [2.24, 2.45) is 0 Å². The first kappa shape index (κ1) is 29.7. The lowest BCUT2D eigenvalue weighted by molar-refractivity contribution is -0.0827. The van der Waals surface area contributed by atoms with Crippen molar-refractivity contribution in [3.63, 3.8) is 0 Å². The number of halogens is 1. The van der Waals surface area contributed by atoms with Crippen LogP contribution >= 0.6 is 23.5 Å². The normalized spacial score (nSPS) is 29.0. The molecule has 1 aliphatic heterocycles. The summed E-state index contributed by atoms with van der Waals surface area (Å²) in [5, 5.41) is 0. The minimum atomic E-state index is -5.81. The van der Waals surface area contributed by atoms with E-state index in [4.69, 9.17) is 23.8 Å². The Bertz CT molecular complexity index is 1280. The van der Waals surface area contributed by atoms with Crippen LogP contribution in [0.5, 0.6) is 0 Å². The summed E-state index contributed by atoms with van der Waals surface area (Å²) in [7, 11) is -16.0. The van der Waals surface area contributed by atoms with Gasteiger partial charge in [0.2, 0.25) is 5.67 Å². The molecule has 20 heteroatoms. The number of aromatic nitrogens is 2. The maximum atomic E-state index is 16.2. The number of nitrogens with one attached hydrogen (secondary N) is 1. The first-order valence-electron chi connectivity index (χ1n) is 9.31. The van der Waals surface area contributed by atoms with Gasteiger partial charge in [0.05, 0.1) is 6.10 Å². The number of alkyl halides is 1. The molecule has 5 N–H and O–H groups in total. The van der Waals surface area contributed by atoms with Crippen LogP contribution in [-0.4, -0.2) is 60.2 Å². The molecular formula is C15H22FN2O14P3. The third-order valence-electron chi connectivity index (χ3n) is 4.51. The lowest BCUT2D eigenvalue weighted by atomic mass is 9.94. The van der Waals surface area contributed by atoms with E-state index in [-0.39, 0.29) is 5.69 Å². The van der Waals surface area contributed by atoms with Crippen LogP contribution in [0.2, 0.25) is 0 Å². The molecule has 198 valence electrons. The van der Waals surface area contributed by atoms with Gasteiger partial charge in [-0.05, 0) is 20.8 Å². The SMILES string of the molecule is CC#CC1(F)[C@@H](OC)[C@@H]([C@@H](C)OP(=O)(O)OP(=O)(O)OP(=O)(O)O)O[C@H]1n1c(C)cc(=O)[nH]c1=O. The zero-order valence-electron chi connectivity index (χ0n) is 18.4. The van der Waals surface area contributed by atoms with Crippen molar-refractivity contribution < 1.29 is 60.3 Å². The summed E-state index contributed by atoms with van der Waals surface area (Å²) in [5.41, 5.74) is -4.64. The Kier molecular flexibility index (Phi) is 8.89. The van der Waals surface area contributed by atoms with E-state index in [1.54, 1.807) is 0 Å². The predicted octanol–water partition coefficient (Wildman–Crippen LogP) is 0.221. The highest BCUT2D eigenvalue weighted by molar-refractivity contribution is 7.66. The molecule has 1 aliphatic rings. The molecule has 7 atom stereocenters. The minimum absolute atomic E-state index is 0.0280. The molecule has 2 heterocycles. The number of hydrogen-bond acceptors (Lipinski definition) is 10. The van der Waals surface area contributed by atoms with E-state index in [9.17, 15) is 33.1 Å². The number of rotatable bonds is 9. The van der Waals surface area contributed by atoms with E-state index in [2.05, 4.69) is 20.5 Å². The van der Waals surface area contributed by atoms with Gasteiger partial charge in [-0.2, -0.15) is 8.62 Å². The van der Waals surface area contributed by atoms with Gasteiger partial charge in [-0.25, -0.2) is 22.9 Å². The number of phosphoric acid groups is 3. The highest BCUT2D eigenvalue weighted by Gasteiger charge is 2.61. The molecular weight excluding hydrogens is 544 g/mol. The molecule has 1 saturated heterocycles. The fourth-order valence-electron chi connectivity index (χ4n) is 3.42. The zero-order chi connectivity index (χ0) is 27.0. The van der Waals surface area contributed by atoms with Crippen LogP contribution < -0.4 is 11.2 Å². The molecule has 0 amide bonds. The van der Waals surface area contributed by atoms with E-state index in [1.165, 1.54) is 13.8 Å². The van der Waals surface area contributed by atoms with E-state index < -0.39 is 64.9 Å². The summed E-state index contributed by atoms with van der Waals surface area (Å²) in [6.07, 6.45) is -6.87. The summed E-state index contributed by atoms with van der Waals surface area (Å²) in [6.45, 7) is 3.63. The summed E-state index contributed by atoms with van der Waals surface area (Å²) in [4.78, 5) is 62.2. The molecule has 0 spiro atoms. The average molecular weight is 566 g/mol. The van der Waals surface area contributed by atoms with Crippen molar-refractivity contribution in [2.75, 3.05) is 7.11 Å².